The maximum Gasteiger partial charge on any atom is 0.340 e. The third-order valence-electron chi connectivity index (χ3n) is 6.60. The third-order valence-corrected chi connectivity index (χ3v) is 7.78. The van der Waals surface area contributed by atoms with Gasteiger partial charge >= 0.3 is 5.97 Å². The molecule has 180 valence electrons. The van der Waals surface area contributed by atoms with Crippen molar-refractivity contribution in [1.82, 2.24) is 4.98 Å². The Morgan fingerprint density at radius 1 is 1.18 bits per heavy atom. The highest BCUT2D eigenvalue weighted by molar-refractivity contribution is 7.18. The zero-order valence-corrected chi connectivity index (χ0v) is 20.3. The molecule has 1 aliphatic rings. The van der Waals surface area contributed by atoms with Gasteiger partial charge in [0.2, 0.25) is 0 Å². The second-order valence-electron chi connectivity index (χ2n) is 8.96. The van der Waals surface area contributed by atoms with Crippen LogP contribution in [0.1, 0.15) is 83.2 Å². The Hall–Kier alpha value is -2.87. The largest absolute Gasteiger partial charge is 0.465 e. The number of nitrogens with one attached hydrogen (secondary N) is 1. The van der Waals surface area contributed by atoms with Gasteiger partial charge in [-0.15, -0.1) is 11.3 Å². The minimum absolute atomic E-state index is 0.0765. The molecule has 0 unspecified atom stereocenters. The molecule has 2 aromatic carbocycles. The highest BCUT2D eigenvalue weighted by Gasteiger charge is 2.27. The summed E-state index contributed by atoms with van der Waals surface area (Å²) < 4.78 is 33.2. The molecule has 0 bridgehead atoms. The second kappa shape index (κ2) is 9.78. The quantitative estimate of drug-likeness (QED) is 0.376. The van der Waals surface area contributed by atoms with Crippen LogP contribution in [0, 0.1) is 5.92 Å². The fourth-order valence-electron chi connectivity index (χ4n) is 4.49. The second-order valence-corrected chi connectivity index (χ2v) is 10.0. The summed E-state index contributed by atoms with van der Waals surface area (Å²) in [6.07, 6.45) is 5.80. The summed E-state index contributed by atoms with van der Waals surface area (Å²) in [5.41, 5.74) is 0.944. The Kier molecular flexibility index (Phi) is 6.98. The number of aromatic nitrogens is 1. The number of fused-ring (bicyclic) bond motifs is 1. The van der Waals surface area contributed by atoms with Crippen LogP contribution in [0.3, 0.4) is 0 Å². The van der Waals surface area contributed by atoms with Gasteiger partial charge in [-0.25, -0.2) is 18.6 Å². The van der Waals surface area contributed by atoms with E-state index in [0.717, 1.165) is 41.5 Å². The zero-order chi connectivity index (χ0) is 24.5. The molecule has 0 radical (unpaired) electrons. The Morgan fingerprint density at radius 3 is 2.56 bits per heavy atom. The molecule has 1 N–H and O–H groups in total. The number of esters is 1. The van der Waals surface area contributed by atoms with Gasteiger partial charge < -0.3 is 10.1 Å². The van der Waals surface area contributed by atoms with Crippen LogP contribution in [-0.4, -0.2) is 24.0 Å². The lowest BCUT2D eigenvalue weighted by atomic mass is 9.81. The Labute approximate surface area is 201 Å². The van der Waals surface area contributed by atoms with Gasteiger partial charge in [0.15, 0.2) is 0 Å². The summed E-state index contributed by atoms with van der Waals surface area (Å²) in [6, 6.07) is 8.65. The van der Waals surface area contributed by atoms with Gasteiger partial charge in [-0.05, 0) is 55.9 Å². The number of alkyl halides is 2. The molecule has 5 nitrogen and oxygen atoms in total. The number of ether oxygens (including phenoxy) is 1. The third kappa shape index (κ3) is 5.12. The van der Waals surface area contributed by atoms with Crippen LogP contribution in [0.5, 0.6) is 0 Å². The van der Waals surface area contributed by atoms with Crippen molar-refractivity contribution in [2.75, 3.05) is 12.4 Å². The molecule has 1 fully saturated rings. The van der Waals surface area contributed by atoms with Crippen molar-refractivity contribution in [1.29, 1.82) is 0 Å². The molecule has 0 atom stereocenters. The molecule has 8 heteroatoms. The first kappa shape index (κ1) is 24.3. The first-order valence-electron chi connectivity index (χ1n) is 11.5. The maximum atomic E-state index is 13.7. The smallest absolute Gasteiger partial charge is 0.340 e. The van der Waals surface area contributed by atoms with Crippen molar-refractivity contribution in [2.45, 2.75) is 57.8 Å². The zero-order valence-electron chi connectivity index (χ0n) is 19.5. The molecule has 0 saturated heterocycles. The lowest BCUT2D eigenvalue weighted by molar-refractivity contribution is 0.0174. The predicted octanol–water partition coefficient (Wildman–Crippen LogP) is 7.13. The average Bonchev–Trinajstić information content (AvgIpc) is 3.25. The van der Waals surface area contributed by atoms with Crippen LogP contribution < -0.4 is 5.32 Å². The Balaban J connectivity index is 1.65. The van der Waals surface area contributed by atoms with E-state index in [1.807, 2.05) is 0 Å². The number of hydrogen-bond donors (Lipinski definition) is 1. The number of carbonyl (C=O) groups is 2. The summed E-state index contributed by atoms with van der Waals surface area (Å²) in [5, 5.41) is 3.75. The van der Waals surface area contributed by atoms with E-state index in [9.17, 15) is 18.4 Å². The van der Waals surface area contributed by atoms with E-state index in [1.54, 1.807) is 23.5 Å². The average molecular weight is 487 g/mol. The normalized spacial score (nSPS) is 18.6. The van der Waals surface area contributed by atoms with E-state index in [2.05, 4.69) is 12.2 Å². The van der Waals surface area contributed by atoms with Gasteiger partial charge in [0.25, 0.3) is 11.8 Å². The van der Waals surface area contributed by atoms with Crippen LogP contribution in [0.2, 0.25) is 0 Å². The van der Waals surface area contributed by atoms with Gasteiger partial charge in [0, 0.05) is 24.0 Å². The molecule has 34 heavy (non-hydrogen) atoms. The minimum atomic E-state index is -3.07. The number of methoxy groups -OCH3 is 1. The number of carbonyl (C=O) groups excluding carboxylic acids is 2. The summed E-state index contributed by atoms with van der Waals surface area (Å²) in [4.78, 5) is 30.1. The van der Waals surface area contributed by atoms with E-state index in [-0.39, 0.29) is 22.4 Å². The van der Waals surface area contributed by atoms with Crippen LogP contribution in [0.15, 0.2) is 36.4 Å². The van der Waals surface area contributed by atoms with Gasteiger partial charge in [0.1, 0.15) is 0 Å². The van der Waals surface area contributed by atoms with E-state index in [4.69, 9.17) is 9.72 Å². The minimum Gasteiger partial charge on any atom is -0.465 e. The SMILES string of the molecule is CCC1CCC(c2nc3cc(C(=O)OC)c(NC(=O)c4cccc(C(C)(F)F)c4)cc3s2)CC1. The standard InChI is InChI=1S/C26H28F2N2O3S/c1-4-15-8-10-16(11-9-15)24-30-21-13-19(25(32)33-3)20(14-22(21)34-24)29-23(31)17-6-5-7-18(12-17)26(2,27)28/h5-7,12-16H,4,8-11H2,1-3H3,(H,29,31). The molecule has 0 aliphatic heterocycles. The number of nitrogens with zero attached hydrogens (tertiary/aromatic N) is 1. The fourth-order valence-corrected chi connectivity index (χ4v) is 5.65. The number of hydrogen-bond acceptors (Lipinski definition) is 5. The molecule has 1 heterocycles. The fraction of sp³-hybridized carbons (Fsp3) is 0.423. The molecule has 1 amide bonds. The molecule has 1 saturated carbocycles. The summed E-state index contributed by atoms with van der Waals surface area (Å²) in [5.74, 6) is -3.08. The number of anilines is 1. The summed E-state index contributed by atoms with van der Waals surface area (Å²) in [7, 11) is 1.27. The molecule has 3 aromatic rings. The molecule has 1 aromatic heterocycles. The lowest BCUT2D eigenvalue weighted by Crippen LogP contribution is -2.16. The van der Waals surface area contributed by atoms with E-state index in [1.165, 1.54) is 44.6 Å². The maximum absolute atomic E-state index is 13.7. The number of benzene rings is 2. The van der Waals surface area contributed by atoms with Crippen LogP contribution in [0.25, 0.3) is 10.2 Å². The molecule has 0 spiro atoms. The molecular weight excluding hydrogens is 458 g/mol. The molecular formula is C26H28F2N2O3S. The van der Waals surface area contributed by atoms with Crippen LogP contribution >= 0.6 is 11.3 Å². The van der Waals surface area contributed by atoms with E-state index in [0.29, 0.717) is 11.4 Å². The van der Waals surface area contributed by atoms with Crippen LogP contribution in [0.4, 0.5) is 14.5 Å². The van der Waals surface area contributed by atoms with Crippen molar-refractivity contribution in [2.24, 2.45) is 5.92 Å². The highest BCUT2D eigenvalue weighted by Crippen LogP contribution is 2.40. The molecule has 4 rings (SSSR count). The number of rotatable bonds is 6. The Bertz CT molecular complexity index is 1210. The van der Waals surface area contributed by atoms with Gasteiger partial charge in [-0.2, -0.15) is 0 Å². The van der Waals surface area contributed by atoms with E-state index >= 15 is 0 Å². The highest BCUT2D eigenvalue weighted by atomic mass is 32.1. The number of thiazole rings is 1. The monoisotopic (exact) mass is 486 g/mol. The summed E-state index contributed by atoms with van der Waals surface area (Å²) in [6.45, 7) is 3.01. The summed E-state index contributed by atoms with van der Waals surface area (Å²) >= 11 is 1.57. The van der Waals surface area contributed by atoms with Crippen molar-refractivity contribution in [3.63, 3.8) is 0 Å². The van der Waals surface area contributed by atoms with Crippen molar-refractivity contribution in [3.8, 4) is 0 Å². The molecule has 1 aliphatic carbocycles. The first-order valence-corrected chi connectivity index (χ1v) is 12.3. The van der Waals surface area contributed by atoms with Crippen molar-refractivity contribution >= 4 is 39.1 Å². The lowest BCUT2D eigenvalue weighted by Gasteiger charge is -2.26. The van der Waals surface area contributed by atoms with Crippen LogP contribution in [-0.2, 0) is 10.7 Å². The first-order chi connectivity index (χ1) is 16.2. The van der Waals surface area contributed by atoms with E-state index < -0.39 is 17.8 Å². The topological polar surface area (TPSA) is 68.3 Å². The van der Waals surface area contributed by atoms with Gasteiger partial charge in [0.05, 0.1) is 33.6 Å². The Morgan fingerprint density at radius 2 is 1.91 bits per heavy atom. The predicted molar refractivity (Wildman–Crippen MR) is 130 cm³/mol. The number of amides is 1. The van der Waals surface area contributed by atoms with Crippen molar-refractivity contribution < 1.29 is 23.1 Å². The van der Waals surface area contributed by atoms with Gasteiger partial charge in [-0.1, -0.05) is 25.5 Å². The van der Waals surface area contributed by atoms with Crippen molar-refractivity contribution in [3.05, 3.63) is 58.1 Å². The number of halogens is 2. The van der Waals surface area contributed by atoms with Gasteiger partial charge in [-0.3, -0.25) is 4.79 Å².